The van der Waals surface area contributed by atoms with Gasteiger partial charge in [0.05, 0.1) is 16.3 Å². The maximum absolute atomic E-state index is 11.2. The summed E-state index contributed by atoms with van der Waals surface area (Å²) < 4.78 is 1.94. The Hall–Kier alpha value is -2.18. The van der Waals surface area contributed by atoms with Gasteiger partial charge in [-0.25, -0.2) is 15.0 Å². The molecule has 0 spiro atoms. The summed E-state index contributed by atoms with van der Waals surface area (Å²) in [6.07, 6.45) is 6.72. The van der Waals surface area contributed by atoms with Crippen LogP contribution in [0.3, 0.4) is 0 Å². The second-order valence-electron chi connectivity index (χ2n) is 8.33. The van der Waals surface area contributed by atoms with Crippen LogP contribution in [0.4, 0.5) is 0 Å². The molecule has 2 radical (unpaired) electrons. The summed E-state index contributed by atoms with van der Waals surface area (Å²) in [5.41, 5.74) is 14.0. The van der Waals surface area contributed by atoms with Crippen LogP contribution in [-0.2, 0) is 6.42 Å². The van der Waals surface area contributed by atoms with Crippen molar-refractivity contribution in [1.82, 2.24) is 25.3 Å². The van der Waals surface area contributed by atoms with E-state index in [1.807, 2.05) is 34.9 Å². The third-order valence-corrected chi connectivity index (χ3v) is 6.86. The van der Waals surface area contributed by atoms with Crippen molar-refractivity contribution in [2.75, 3.05) is 0 Å². The van der Waals surface area contributed by atoms with Gasteiger partial charge in [0.2, 0.25) is 0 Å². The Morgan fingerprint density at radius 2 is 1.62 bits per heavy atom. The Morgan fingerprint density at radius 1 is 0.906 bits per heavy atom. The summed E-state index contributed by atoms with van der Waals surface area (Å²) in [4.78, 5) is 14.0. The molecule has 2 aromatic carbocycles. The zero-order valence-electron chi connectivity index (χ0n) is 17.2. The standard InChI is InChI=1S/C24H20Cl3N5/c25-15-4-7-17(8-5-15)32-22(18-9-6-16(26)12-19(18)27)31-21-20(29-14-30-23(21)32)13-24(28)10-2-1-3-11-24/h4-9,12,14H,1-3,10-11,13H2. The van der Waals surface area contributed by atoms with Gasteiger partial charge in [-0.05, 0) is 55.3 Å². The molecule has 162 valence electrons. The highest BCUT2D eigenvalue weighted by Gasteiger charge is 2.32. The van der Waals surface area contributed by atoms with E-state index in [9.17, 15) is 5.73 Å². The Kier molecular flexibility index (Phi) is 5.84. The van der Waals surface area contributed by atoms with E-state index in [0.717, 1.165) is 49.0 Å². The SMILES string of the molecule is [N]C1(Cc2ncnc3c2nc(-c2ccc(Cl)cc2Cl)n3-c2ccc(Cl)cc2)CCCCC1. The van der Waals surface area contributed by atoms with Crippen LogP contribution < -0.4 is 5.73 Å². The van der Waals surface area contributed by atoms with Gasteiger partial charge in [0.1, 0.15) is 17.7 Å². The highest BCUT2D eigenvalue weighted by Crippen LogP contribution is 2.36. The molecule has 0 saturated heterocycles. The van der Waals surface area contributed by atoms with Gasteiger partial charge >= 0.3 is 0 Å². The monoisotopic (exact) mass is 483 g/mol. The number of fused-ring (bicyclic) bond motifs is 1. The molecule has 4 aromatic rings. The van der Waals surface area contributed by atoms with Crippen molar-refractivity contribution >= 4 is 46.0 Å². The molecule has 1 saturated carbocycles. The van der Waals surface area contributed by atoms with Crippen molar-refractivity contribution in [2.45, 2.75) is 44.1 Å². The fourth-order valence-corrected chi connectivity index (χ4v) is 5.07. The first-order valence-electron chi connectivity index (χ1n) is 10.6. The maximum atomic E-state index is 11.2. The van der Waals surface area contributed by atoms with Gasteiger partial charge in [-0.3, -0.25) is 4.57 Å². The molecular formula is C24H20Cl3N5. The summed E-state index contributed by atoms with van der Waals surface area (Å²) >= 11 is 18.8. The summed E-state index contributed by atoms with van der Waals surface area (Å²) in [7, 11) is 0. The minimum atomic E-state index is -0.762. The smallest absolute Gasteiger partial charge is 0.168 e. The van der Waals surface area contributed by atoms with Crippen LogP contribution in [0.2, 0.25) is 15.1 Å². The molecule has 5 rings (SSSR count). The zero-order valence-corrected chi connectivity index (χ0v) is 19.5. The highest BCUT2D eigenvalue weighted by molar-refractivity contribution is 6.36. The Labute approximate surface area is 201 Å². The molecular weight excluding hydrogens is 465 g/mol. The number of aromatic nitrogens is 4. The van der Waals surface area contributed by atoms with Crippen LogP contribution in [0.25, 0.3) is 28.2 Å². The summed E-state index contributed by atoms with van der Waals surface area (Å²) in [5.74, 6) is 0.626. The van der Waals surface area contributed by atoms with Crippen LogP contribution in [0.15, 0.2) is 48.8 Å². The number of imidazole rings is 1. The van der Waals surface area contributed by atoms with Crippen molar-refractivity contribution in [3.63, 3.8) is 0 Å². The normalized spacial score (nSPS) is 15.9. The van der Waals surface area contributed by atoms with Crippen LogP contribution in [0, 0.1) is 0 Å². The molecule has 0 aliphatic heterocycles. The van der Waals surface area contributed by atoms with Gasteiger partial charge in [-0.15, -0.1) is 5.73 Å². The molecule has 0 amide bonds. The maximum Gasteiger partial charge on any atom is 0.168 e. The average Bonchev–Trinajstić information content (AvgIpc) is 3.15. The van der Waals surface area contributed by atoms with Crippen molar-refractivity contribution in [3.05, 3.63) is 69.6 Å². The first kappa shape index (κ1) is 21.7. The van der Waals surface area contributed by atoms with E-state index in [2.05, 4.69) is 9.97 Å². The molecule has 0 N–H and O–H groups in total. The van der Waals surface area contributed by atoms with Gasteiger partial charge in [0.25, 0.3) is 0 Å². The fraction of sp³-hybridized carbons (Fsp3) is 0.292. The fourth-order valence-electron chi connectivity index (χ4n) is 4.45. The second-order valence-corrected chi connectivity index (χ2v) is 9.61. The van der Waals surface area contributed by atoms with Gasteiger partial charge in [-0.2, -0.15) is 0 Å². The lowest BCUT2D eigenvalue weighted by Crippen LogP contribution is -2.36. The molecule has 0 unspecified atom stereocenters. The molecule has 0 atom stereocenters. The van der Waals surface area contributed by atoms with E-state index in [1.54, 1.807) is 12.1 Å². The number of hydrogen-bond donors (Lipinski definition) is 0. The van der Waals surface area contributed by atoms with Gasteiger partial charge in [-0.1, -0.05) is 54.1 Å². The number of hydrogen-bond acceptors (Lipinski definition) is 3. The second kappa shape index (κ2) is 8.64. The molecule has 2 aromatic heterocycles. The summed E-state index contributed by atoms with van der Waals surface area (Å²) in [6, 6.07) is 12.8. The van der Waals surface area contributed by atoms with E-state index in [0.29, 0.717) is 38.5 Å². The predicted molar refractivity (Wildman–Crippen MR) is 129 cm³/mol. The first-order valence-corrected chi connectivity index (χ1v) is 11.7. The van der Waals surface area contributed by atoms with Crippen molar-refractivity contribution in [1.29, 1.82) is 0 Å². The predicted octanol–water partition coefficient (Wildman–Crippen LogP) is 6.76. The minimum Gasteiger partial charge on any atom is -0.277 e. The van der Waals surface area contributed by atoms with Crippen LogP contribution in [-0.4, -0.2) is 25.1 Å². The number of halogens is 3. The molecule has 1 fully saturated rings. The summed E-state index contributed by atoms with van der Waals surface area (Å²) in [5, 5.41) is 1.68. The highest BCUT2D eigenvalue weighted by atomic mass is 35.5. The third kappa shape index (κ3) is 4.11. The lowest BCUT2D eigenvalue weighted by molar-refractivity contribution is 0.282. The quantitative estimate of drug-likeness (QED) is 0.321. The van der Waals surface area contributed by atoms with Crippen LogP contribution in [0.5, 0.6) is 0 Å². The lowest BCUT2D eigenvalue weighted by Gasteiger charge is -2.30. The Morgan fingerprint density at radius 3 is 2.34 bits per heavy atom. The van der Waals surface area contributed by atoms with E-state index >= 15 is 0 Å². The number of rotatable bonds is 4. The first-order chi connectivity index (χ1) is 15.4. The Balaban J connectivity index is 1.72. The van der Waals surface area contributed by atoms with Crippen molar-refractivity contribution in [3.8, 4) is 17.1 Å². The van der Waals surface area contributed by atoms with E-state index < -0.39 is 5.54 Å². The molecule has 0 bridgehead atoms. The van der Waals surface area contributed by atoms with Crippen molar-refractivity contribution < 1.29 is 0 Å². The Bertz CT molecular complexity index is 1280. The largest absolute Gasteiger partial charge is 0.277 e. The zero-order chi connectivity index (χ0) is 22.3. The molecule has 1 aliphatic carbocycles. The number of nitrogens with zero attached hydrogens (tertiary/aromatic N) is 5. The van der Waals surface area contributed by atoms with E-state index in [1.165, 1.54) is 6.33 Å². The lowest BCUT2D eigenvalue weighted by atomic mass is 9.79. The molecule has 5 nitrogen and oxygen atoms in total. The molecule has 1 aliphatic rings. The van der Waals surface area contributed by atoms with Crippen molar-refractivity contribution in [2.24, 2.45) is 0 Å². The molecule has 32 heavy (non-hydrogen) atoms. The van der Waals surface area contributed by atoms with Gasteiger partial charge in [0.15, 0.2) is 5.65 Å². The van der Waals surface area contributed by atoms with E-state index in [4.69, 9.17) is 39.8 Å². The summed E-state index contributed by atoms with van der Waals surface area (Å²) in [6.45, 7) is 0. The van der Waals surface area contributed by atoms with Crippen LogP contribution >= 0.6 is 34.8 Å². The van der Waals surface area contributed by atoms with Gasteiger partial charge in [0, 0.05) is 27.7 Å². The number of benzene rings is 2. The average molecular weight is 485 g/mol. The minimum absolute atomic E-state index is 0.442. The topological polar surface area (TPSA) is 65.9 Å². The molecule has 2 heterocycles. The van der Waals surface area contributed by atoms with E-state index in [-0.39, 0.29) is 0 Å². The van der Waals surface area contributed by atoms with Gasteiger partial charge < -0.3 is 0 Å². The van der Waals surface area contributed by atoms with Crippen LogP contribution in [0.1, 0.15) is 37.8 Å². The third-order valence-electron chi connectivity index (χ3n) is 6.06. The molecule has 8 heteroatoms.